The number of rotatable bonds is 5. The summed E-state index contributed by atoms with van der Waals surface area (Å²) >= 11 is 0. The topological polar surface area (TPSA) is 54.0 Å². The van der Waals surface area contributed by atoms with Crippen LogP contribution in [0.25, 0.3) is 0 Å². The van der Waals surface area contributed by atoms with Crippen molar-refractivity contribution in [2.75, 3.05) is 26.8 Å². The maximum Gasteiger partial charge on any atom is 0.153 e. The van der Waals surface area contributed by atoms with Crippen LogP contribution in [-0.2, 0) is 4.74 Å². The van der Waals surface area contributed by atoms with Gasteiger partial charge in [-0.25, -0.2) is 4.98 Å². The lowest BCUT2D eigenvalue weighted by Gasteiger charge is -2.34. The van der Waals surface area contributed by atoms with Crippen molar-refractivity contribution in [1.82, 2.24) is 20.1 Å². The van der Waals surface area contributed by atoms with Crippen LogP contribution >= 0.6 is 0 Å². The van der Waals surface area contributed by atoms with Crippen molar-refractivity contribution in [3.8, 4) is 0 Å². The summed E-state index contributed by atoms with van der Waals surface area (Å²) in [5.41, 5.74) is 0. The second-order valence-electron chi connectivity index (χ2n) is 6.71. The Balaban J connectivity index is 1.50. The Hall–Kier alpha value is -0.940. The maximum atomic E-state index is 5.44. The Labute approximate surface area is 120 Å². The number of hydrogen-bond donors (Lipinski definition) is 1. The molecule has 3 fully saturated rings. The number of likely N-dealkylation sites (tertiary alicyclic amines) is 1. The van der Waals surface area contributed by atoms with E-state index >= 15 is 0 Å². The van der Waals surface area contributed by atoms with Crippen molar-refractivity contribution in [2.45, 2.75) is 50.0 Å². The number of ether oxygens (including phenoxy) is 1. The van der Waals surface area contributed by atoms with Crippen LogP contribution in [0, 0.1) is 5.92 Å². The largest absolute Gasteiger partial charge is 0.384 e. The van der Waals surface area contributed by atoms with Crippen LogP contribution in [0.2, 0.25) is 0 Å². The molecule has 2 saturated carbocycles. The molecule has 20 heavy (non-hydrogen) atoms. The number of nitrogens with zero attached hydrogens (tertiary/aromatic N) is 3. The van der Waals surface area contributed by atoms with E-state index in [4.69, 9.17) is 9.72 Å². The van der Waals surface area contributed by atoms with Crippen LogP contribution in [0.3, 0.4) is 0 Å². The van der Waals surface area contributed by atoms with Gasteiger partial charge in [-0.3, -0.25) is 10.00 Å². The van der Waals surface area contributed by atoms with Crippen molar-refractivity contribution in [3.05, 3.63) is 11.6 Å². The fourth-order valence-corrected chi connectivity index (χ4v) is 3.63. The maximum absolute atomic E-state index is 5.44. The molecule has 0 spiro atoms. The van der Waals surface area contributed by atoms with Crippen molar-refractivity contribution in [1.29, 1.82) is 0 Å². The minimum atomic E-state index is 0.468. The summed E-state index contributed by atoms with van der Waals surface area (Å²) in [6, 6.07) is 0.810. The zero-order valence-electron chi connectivity index (χ0n) is 12.2. The minimum Gasteiger partial charge on any atom is -0.384 e. The molecular formula is C15H24N4O. The van der Waals surface area contributed by atoms with Gasteiger partial charge < -0.3 is 4.74 Å². The Kier molecular flexibility index (Phi) is 3.27. The Morgan fingerprint density at radius 3 is 2.75 bits per heavy atom. The highest BCUT2D eigenvalue weighted by Gasteiger charge is 2.40. The third-order valence-electron chi connectivity index (χ3n) is 5.25. The predicted octanol–water partition coefficient (Wildman–Crippen LogP) is 1.90. The molecule has 0 amide bonds. The number of hydrogen-bond acceptors (Lipinski definition) is 4. The molecule has 2 aliphatic carbocycles. The molecule has 4 rings (SSSR count). The van der Waals surface area contributed by atoms with Gasteiger partial charge in [0.1, 0.15) is 5.82 Å². The average molecular weight is 276 g/mol. The first-order valence-electron chi connectivity index (χ1n) is 8.00. The monoisotopic (exact) mass is 276 g/mol. The summed E-state index contributed by atoms with van der Waals surface area (Å²) in [6.45, 7) is 3.11. The molecule has 5 nitrogen and oxygen atoms in total. The summed E-state index contributed by atoms with van der Waals surface area (Å²) in [5, 5.41) is 7.64. The molecular weight excluding hydrogens is 252 g/mol. The van der Waals surface area contributed by atoms with E-state index in [-0.39, 0.29) is 0 Å². The number of H-pyrrole nitrogens is 1. The summed E-state index contributed by atoms with van der Waals surface area (Å²) in [7, 11) is 1.80. The van der Waals surface area contributed by atoms with E-state index in [0.29, 0.717) is 17.8 Å². The second-order valence-corrected chi connectivity index (χ2v) is 6.71. The van der Waals surface area contributed by atoms with Crippen LogP contribution in [0.5, 0.6) is 0 Å². The molecule has 0 bridgehead atoms. The highest BCUT2D eigenvalue weighted by atomic mass is 16.5. The number of nitrogens with one attached hydrogen (secondary N) is 1. The number of aromatic nitrogens is 3. The van der Waals surface area contributed by atoms with E-state index in [1.807, 2.05) is 0 Å². The molecule has 0 aromatic carbocycles. The van der Waals surface area contributed by atoms with Gasteiger partial charge in [0.25, 0.3) is 0 Å². The molecule has 1 aromatic heterocycles. The van der Waals surface area contributed by atoms with Crippen LogP contribution in [0.1, 0.15) is 55.6 Å². The smallest absolute Gasteiger partial charge is 0.153 e. The highest BCUT2D eigenvalue weighted by Crippen LogP contribution is 2.40. The van der Waals surface area contributed by atoms with Gasteiger partial charge in [-0.05, 0) is 25.7 Å². The van der Waals surface area contributed by atoms with Crippen LogP contribution < -0.4 is 0 Å². The van der Waals surface area contributed by atoms with Crippen LogP contribution in [-0.4, -0.2) is 52.9 Å². The Morgan fingerprint density at radius 2 is 2.10 bits per heavy atom. The quantitative estimate of drug-likeness (QED) is 0.892. The summed E-state index contributed by atoms with van der Waals surface area (Å²) in [6.07, 6.45) is 6.66. The first-order chi connectivity index (χ1) is 9.85. The summed E-state index contributed by atoms with van der Waals surface area (Å²) in [5.74, 6) is 3.79. The standard InChI is InChI=1S/C15H24N4O/c1-20-9-11-7-19(12-3-2-4-12)8-13(11)15-16-14(17-18-15)10-5-6-10/h10-13H,2-9H2,1H3,(H,16,17,18)/t11-,13+/m0/s1. The normalized spacial score (nSPS) is 31.6. The second kappa shape index (κ2) is 5.11. The SMILES string of the molecule is COC[C@@H]1CN(C2CCC2)C[C@H]1c1nc(C2CC2)n[nH]1. The van der Waals surface area contributed by atoms with Crippen LogP contribution in [0.15, 0.2) is 0 Å². The first kappa shape index (κ1) is 12.8. The average Bonchev–Trinajstić information content (AvgIpc) is 2.97. The van der Waals surface area contributed by atoms with Crippen molar-refractivity contribution < 1.29 is 4.74 Å². The van der Waals surface area contributed by atoms with Gasteiger partial charge in [-0.2, -0.15) is 5.10 Å². The van der Waals surface area contributed by atoms with Crippen molar-refractivity contribution >= 4 is 0 Å². The van der Waals surface area contributed by atoms with Gasteiger partial charge in [0.05, 0.1) is 6.61 Å². The van der Waals surface area contributed by atoms with Gasteiger partial charge in [-0.1, -0.05) is 6.42 Å². The van der Waals surface area contributed by atoms with Crippen LogP contribution in [0.4, 0.5) is 0 Å². The van der Waals surface area contributed by atoms with E-state index in [9.17, 15) is 0 Å². The van der Waals surface area contributed by atoms with E-state index in [0.717, 1.165) is 37.4 Å². The lowest BCUT2D eigenvalue weighted by molar-refractivity contribution is 0.125. The molecule has 1 N–H and O–H groups in total. The van der Waals surface area contributed by atoms with Gasteiger partial charge in [0, 0.05) is 44.0 Å². The number of methoxy groups -OCH3 is 1. The Bertz CT molecular complexity index is 466. The zero-order chi connectivity index (χ0) is 13.5. The molecule has 0 unspecified atom stereocenters. The van der Waals surface area contributed by atoms with Gasteiger partial charge in [-0.15, -0.1) is 0 Å². The Morgan fingerprint density at radius 1 is 1.25 bits per heavy atom. The third-order valence-corrected chi connectivity index (χ3v) is 5.25. The molecule has 5 heteroatoms. The molecule has 0 radical (unpaired) electrons. The van der Waals surface area contributed by atoms with E-state index in [1.165, 1.54) is 32.1 Å². The fraction of sp³-hybridized carbons (Fsp3) is 0.867. The molecule has 1 aliphatic heterocycles. The fourth-order valence-electron chi connectivity index (χ4n) is 3.63. The third kappa shape index (κ3) is 2.27. The van der Waals surface area contributed by atoms with Gasteiger partial charge in [0.2, 0.25) is 0 Å². The predicted molar refractivity (Wildman–Crippen MR) is 75.7 cm³/mol. The molecule has 3 aliphatic rings. The number of aromatic amines is 1. The molecule has 1 saturated heterocycles. The lowest BCUT2D eigenvalue weighted by atomic mass is 9.92. The first-order valence-corrected chi connectivity index (χ1v) is 8.00. The molecule has 1 aromatic rings. The molecule has 2 atom stereocenters. The summed E-state index contributed by atoms with van der Waals surface area (Å²) < 4.78 is 5.44. The van der Waals surface area contributed by atoms with Gasteiger partial charge >= 0.3 is 0 Å². The van der Waals surface area contributed by atoms with E-state index in [2.05, 4.69) is 15.1 Å². The molecule has 110 valence electrons. The van der Waals surface area contributed by atoms with Gasteiger partial charge in [0.15, 0.2) is 5.82 Å². The van der Waals surface area contributed by atoms with E-state index < -0.39 is 0 Å². The lowest BCUT2D eigenvalue weighted by Crippen LogP contribution is -2.38. The zero-order valence-corrected chi connectivity index (χ0v) is 12.2. The van der Waals surface area contributed by atoms with E-state index in [1.54, 1.807) is 7.11 Å². The minimum absolute atomic E-state index is 0.468. The van der Waals surface area contributed by atoms with Crippen molar-refractivity contribution in [3.63, 3.8) is 0 Å². The molecule has 2 heterocycles. The van der Waals surface area contributed by atoms with Crippen molar-refractivity contribution in [2.24, 2.45) is 5.92 Å². The highest BCUT2D eigenvalue weighted by molar-refractivity contribution is 5.11. The summed E-state index contributed by atoms with van der Waals surface area (Å²) in [4.78, 5) is 7.43.